The van der Waals surface area contributed by atoms with E-state index >= 15 is 0 Å². The van der Waals surface area contributed by atoms with Crippen molar-refractivity contribution < 1.29 is 57.6 Å². The van der Waals surface area contributed by atoms with E-state index in [1.165, 1.54) is 0 Å². The van der Waals surface area contributed by atoms with Gasteiger partial charge in [0.05, 0.1) is 41.9 Å². The summed E-state index contributed by atoms with van der Waals surface area (Å²) >= 11 is 0. The van der Waals surface area contributed by atoms with Gasteiger partial charge in [-0.25, -0.2) is 0 Å². The van der Waals surface area contributed by atoms with Crippen molar-refractivity contribution in [3.05, 3.63) is 0 Å². The van der Waals surface area contributed by atoms with Crippen molar-refractivity contribution in [3.8, 4) is 0 Å². The van der Waals surface area contributed by atoms with Gasteiger partial charge in [0.1, 0.15) is 24.6 Å². The van der Waals surface area contributed by atoms with Crippen LogP contribution >= 0.6 is 0 Å². The minimum atomic E-state index is -1.43. The Kier molecular flexibility index (Phi) is 14.4. The topological polar surface area (TPSA) is 181 Å². The maximum atomic E-state index is 13.5. The Labute approximate surface area is 272 Å². The molecule has 1 rings (SSSR count). The summed E-state index contributed by atoms with van der Waals surface area (Å²) in [6.45, 7) is 19.3. The van der Waals surface area contributed by atoms with Crippen LogP contribution in [-0.2, 0) is 52.5 Å². The van der Waals surface area contributed by atoms with Crippen molar-refractivity contribution >= 4 is 35.6 Å². The smallest absolute Gasteiger partial charge is 0.313 e. The van der Waals surface area contributed by atoms with E-state index in [2.05, 4.69) is 5.32 Å². The fourth-order valence-electron chi connectivity index (χ4n) is 4.07. The molecule has 0 aromatic rings. The zero-order valence-electron chi connectivity index (χ0n) is 29.6. The van der Waals surface area contributed by atoms with E-state index in [1.807, 2.05) is 0 Å². The fourth-order valence-corrected chi connectivity index (χ4v) is 4.07. The van der Waals surface area contributed by atoms with E-state index in [1.54, 1.807) is 83.1 Å². The predicted molar refractivity (Wildman–Crippen MR) is 166 cm³/mol. The Morgan fingerprint density at radius 2 is 1.24 bits per heavy atom. The molecular formula is C33H55NO12. The van der Waals surface area contributed by atoms with E-state index < -0.39 is 88.5 Å². The number of carboxylic acid groups (broad SMARTS) is 1. The normalized spacial score (nSPS) is 22.4. The number of nitrogens with one attached hydrogen (secondary N) is 1. The molecule has 1 aliphatic heterocycles. The number of rotatable bonds is 13. The van der Waals surface area contributed by atoms with Crippen LogP contribution in [0, 0.1) is 27.6 Å². The van der Waals surface area contributed by atoms with Gasteiger partial charge in [-0.1, -0.05) is 20.8 Å². The number of carboxylic acids is 1. The van der Waals surface area contributed by atoms with Crippen LogP contribution in [0.2, 0.25) is 0 Å². The van der Waals surface area contributed by atoms with Gasteiger partial charge in [-0.2, -0.15) is 0 Å². The molecule has 0 aromatic carbocycles. The first kappa shape index (κ1) is 41.0. The lowest BCUT2D eigenvalue weighted by Gasteiger charge is -2.47. The van der Waals surface area contributed by atoms with Crippen molar-refractivity contribution in [2.45, 2.75) is 127 Å². The molecule has 13 nitrogen and oxygen atoms in total. The van der Waals surface area contributed by atoms with Crippen LogP contribution in [0.4, 0.5) is 0 Å². The molecule has 1 aliphatic rings. The molecule has 1 saturated heterocycles. The summed E-state index contributed by atoms with van der Waals surface area (Å²) in [4.78, 5) is 76.4. The summed E-state index contributed by atoms with van der Waals surface area (Å²) in [7, 11) is 0. The van der Waals surface area contributed by atoms with Gasteiger partial charge in [0.15, 0.2) is 0 Å². The van der Waals surface area contributed by atoms with Gasteiger partial charge >= 0.3 is 23.9 Å². The van der Waals surface area contributed by atoms with Gasteiger partial charge in [0, 0.05) is 24.2 Å². The van der Waals surface area contributed by atoms with Crippen molar-refractivity contribution in [1.29, 1.82) is 0 Å². The van der Waals surface area contributed by atoms with Crippen LogP contribution < -0.4 is 5.32 Å². The minimum Gasteiger partial charge on any atom is -0.481 e. The van der Waals surface area contributed by atoms with Crippen molar-refractivity contribution in [1.82, 2.24) is 5.32 Å². The van der Waals surface area contributed by atoms with Crippen LogP contribution in [-0.4, -0.2) is 85.0 Å². The number of Topliss-reactive ketones (excluding diaryl/α,β-unsaturated/α-hetero) is 1. The molecule has 0 saturated carbocycles. The summed E-state index contributed by atoms with van der Waals surface area (Å²) in [6.07, 6.45) is -4.06. The molecule has 0 radical (unpaired) electrons. The SMILES string of the molecule is CC(C)(C)C(=O)C[C@@H]1[C@H](OC(=O)C(C)(C)C)[C@H](CCOC(=O)C(C)(C)C)OC(OC(=O)C(C)(C)C)[C@H]1NC(=O)COCCC(=O)O. The highest BCUT2D eigenvalue weighted by atomic mass is 16.7. The van der Waals surface area contributed by atoms with Gasteiger partial charge in [-0.3, -0.25) is 28.8 Å². The lowest BCUT2D eigenvalue weighted by atomic mass is 9.77. The number of hydrogen-bond donors (Lipinski definition) is 2. The molecule has 264 valence electrons. The molecule has 46 heavy (non-hydrogen) atoms. The molecule has 2 N–H and O–H groups in total. The van der Waals surface area contributed by atoms with Crippen LogP contribution in [0.5, 0.6) is 0 Å². The van der Waals surface area contributed by atoms with E-state index in [-0.39, 0.29) is 38.3 Å². The molecule has 0 bridgehead atoms. The standard InChI is InChI=1S/C33H55NO12/c1-30(2,3)21(35)17-19-24(34-22(36)18-42-15-14-23(37)38)26(46-29(41)33(10,11)12)44-20(13-16-43-27(39)31(4,5)6)25(19)45-28(40)32(7,8)9/h19-20,24-26H,13-18H2,1-12H3,(H,34,36)(H,37,38)/t19-,20-,24-,25-,26?/m0/s1. The summed E-state index contributed by atoms with van der Waals surface area (Å²) < 4.78 is 28.8. The number of esters is 3. The van der Waals surface area contributed by atoms with Crippen LogP contribution in [0.25, 0.3) is 0 Å². The minimum absolute atomic E-state index is 0.0205. The van der Waals surface area contributed by atoms with Gasteiger partial charge < -0.3 is 34.1 Å². The molecule has 0 aliphatic carbocycles. The lowest BCUT2D eigenvalue weighted by molar-refractivity contribution is -0.260. The first-order valence-corrected chi connectivity index (χ1v) is 15.6. The highest BCUT2D eigenvalue weighted by Crippen LogP contribution is 2.37. The Morgan fingerprint density at radius 3 is 1.72 bits per heavy atom. The third-order valence-electron chi connectivity index (χ3n) is 7.07. The number of amides is 1. The van der Waals surface area contributed by atoms with Gasteiger partial charge in [0.25, 0.3) is 0 Å². The quantitative estimate of drug-likeness (QED) is 0.166. The Bertz CT molecular complexity index is 1100. The average molecular weight is 658 g/mol. The molecular weight excluding hydrogens is 602 g/mol. The number of carbonyl (C=O) groups excluding carboxylic acids is 5. The van der Waals surface area contributed by atoms with E-state index in [0.717, 1.165) is 0 Å². The zero-order valence-corrected chi connectivity index (χ0v) is 29.6. The summed E-state index contributed by atoms with van der Waals surface area (Å²) in [6, 6.07) is -1.18. The second-order valence-electron chi connectivity index (χ2n) is 15.8. The van der Waals surface area contributed by atoms with E-state index in [4.69, 9.17) is 28.8 Å². The summed E-state index contributed by atoms with van der Waals surface area (Å²) in [5.74, 6) is -4.67. The second-order valence-corrected chi connectivity index (χ2v) is 15.8. The molecule has 0 spiro atoms. The highest BCUT2D eigenvalue weighted by Gasteiger charge is 2.52. The molecule has 1 fully saturated rings. The number of hydrogen-bond acceptors (Lipinski definition) is 11. The van der Waals surface area contributed by atoms with Crippen LogP contribution in [0.15, 0.2) is 0 Å². The monoisotopic (exact) mass is 657 g/mol. The average Bonchev–Trinajstić information content (AvgIpc) is 2.87. The molecule has 0 aromatic heterocycles. The van der Waals surface area contributed by atoms with Gasteiger partial charge in [-0.05, 0) is 62.3 Å². The first-order chi connectivity index (χ1) is 20.7. The third-order valence-corrected chi connectivity index (χ3v) is 7.07. The van der Waals surface area contributed by atoms with Crippen molar-refractivity contribution in [2.75, 3.05) is 19.8 Å². The molecule has 5 atom stereocenters. The molecule has 1 heterocycles. The maximum Gasteiger partial charge on any atom is 0.313 e. The van der Waals surface area contributed by atoms with E-state index in [0.29, 0.717) is 0 Å². The van der Waals surface area contributed by atoms with Crippen LogP contribution in [0.1, 0.15) is 102 Å². The Morgan fingerprint density at radius 1 is 0.717 bits per heavy atom. The van der Waals surface area contributed by atoms with E-state index in [9.17, 15) is 28.8 Å². The number of aliphatic carboxylic acids is 1. The summed E-state index contributed by atoms with van der Waals surface area (Å²) in [5.41, 5.74) is -3.52. The van der Waals surface area contributed by atoms with Crippen LogP contribution in [0.3, 0.4) is 0 Å². The number of ketones is 1. The zero-order chi connectivity index (χ0) is 35.8. The molecule has 1 amide bonds. The predicted octanol–water partition coefficient (Wildman–Crippen LogP) is 3.84. The van der Waals surface area contributed by atoms with Gasteiger partial charge in [0.2, 0.25) is 12.2 Å². The second kappa shape index (κ2) is 16.2. The third kappa shape index (κ3) is 13.4. The fraction of sp³-hybridized carbons (Fsp3) is 0.818. The number of ether oxygens (including phenoxy) is 5. The molecule has 13 heteroatoms. The summed E-state index contributed by atoms with van der Waals surface area (Å²) in [5, 5.41) is 11.6. The Balaban J connectivity index is 3.66. The molecule has 1 unspecified atom stereocenters. The lowest BCUT2D eigenvalue weighted by Crippen LogP contribution is -2.64. The number of carbonyl (C=O) groups is 6. The van der Waals surface area contributed by atoms with Gasteiger partial charge in [-0.15, -0.1) is 0 Å². The first-order valence-electron chi connectivity index (χ1n) is 15.6. The van der Waals surface area contributed by atoms with Crippen molar-refractivity contribution in [2.24, 2.45) is 27.6 Å². The largest absolute Gasteiger partial charge is 0.481 e. The van der Waals surface area contributed by atoms with Crippen molar-refractivity contribution in [3.63, 3.8) is 0 Å². The highest BCUT2D eigenvalue weighted by molar-refractivity contribution is 5.84. The Hall–Kier alpha value is -3.06. The maximum absolute atomic E-state index is 13.5.